The lowest BCUT2D eigenvalue weighted by Crippen LogP contribution is -2.61. The summed E-state index contributed by atoms with van der Waals surface area (Å²) in [5.74, 6) is 6.36. The summed E-state index contributed by atoms with van der Waals surface area (Å²) in [5, 5.41) is 31.2. The van der Waals surface area contributed by atoms with Crippen LogP contribution in [0.1, 0.15) is 69.9 Å². The van der Waals surface area contributed by atoms with E-state index in [9.17, 15) is 9.90 Å². The minimum absolute atomic E-state index is 0.0423. The highest BCUT2D eigenvalue weighted by molar-refractivity contribution is 5.93. The predicted molar refractivity (Wildman–Crippen MR) is 152 cm³/mol. The summed E-state index contributed by atoms with van der Waals surface area (Å²) in [6, 6.07) is 14.6. The number of aryl methyl sites for hydroxylation is 1. The van der Waals surface area contributed by atoms with Crippen molar-refractivity contribution in [3.8, 4) is 23.3 Å². The molecule has 4 N–H and O–H groups in total. The van der Waals surface area contributed by atoms with Crippen LogP contribution in [0, 0.1) is 23.7 Å². The van der Waals surface area contributed by atoms with Crippen LogP contribution in [0.15, 0.2) is 48.5 Å². The van der Waals surface area contributed by atoms with Gasteiger partial charge in [0, 0.05) is 31.1 Å². The van der Waals surface area contributed by atoms with Crippen molar-refractivity contribution in [3.63, 3.8) is 0 Å². The maximum absolute atomic E-state index is 10.9. The SMILES string of the molecule is CCc1ccc(O)c(O)c1.CNC(=O)C#Cc1ccccc1.C[C@H]1N(CC2CC2)CCC2CCCCC21O. The third kappa shape index (κ3) is 8.51. The topological polar surface area (TPSA) is 93.0 Å². The van der Waals surface area contributed by atoms with Gasteiger partial charge in [0.05, 0.1) is 5.60 Å². The molecule has 2 aromatic carbocycles. The summed E-state index contributed by atoms with van der Waals surface area (Å²) in [6.07, 6.45) is 9.81. The molecule has 5 rings (SSSR count). The largest absolute Gasteiger partial charge is 0.504 e. The van der Waals surface area contributed by atoms with E-state index in [1.54, 1.807) is 19.2 Å². The maximum atomic E-state index is 10.9. The van der Waals surface area contributed by atoms with Crippen LogP contribution in [-0.4, -0.2) is 57.9 Å². The summed E-state index contributed by atoms with van der Waals surface area (Å²) in [7, 11) is 1.56. The van der Waals surface area contributed by atoms with Crippen molar-refractivity contribution in [2.24, 2.45) is 11.8 Å². The number of hydrogen-bond donors (Lipinski definition) is 4. The lowest BCUT2D eigenvalue weighted by Gasteiger charge is -2.52. The second-order valence-electron chi connectivity index (χ2n) is 10.7. The molecule has 6 nitrogen and oxygen atoms in total. The van der Waals surface area contributed by atoms with Gasteiger partial charge in [-0.25, -0.2) is 0 Å². The van der Waals surface area contributed by atoms with Crippen LogP contribution in [0.4, 0.5) is 0 Å². The fraction of sp³-hybridized carbons (Fsp3) is 0.531. The van der Waals surface area contributed by atoms with Gasteiger partial charge in [-0.05, 0) is 93.7 Å². The van der Waals surface area contributed by atoms with Crippen molar-refractivity contribution in [2.75, 3.05) is 20.1 Å². The van der Waals surface area contributed by atoms with Crippen LogP contribution < -0.4 is 5.32 Å². The van der Waals surface area contributed by atoms with Gasteiger partial charge in [0.15, 0.2) is 11.5 Å². The number of phenolic OH excluding ortho intramolecular Hbond substituents is 2. The van der Waals surface area contributed by atoms with E-state index in [1.807, 2.05) is 37.3 Å². The molecule has 3 atom stereocenters. The number of likely N-dealkylation sites (tertiary alicyclic amines) is 1. The molecule has 1 amide bonds. The number of aliphatic hydroxyl groups is 1. The molecule has 3 fully saturated rings. The monoisotopic (exact) mass is 520 g/mol. The van der Waals surface area contributed by atoms with E-state index in [1.165, 1.54) is 57.7 Å². The first-order valence-electron chi connectivity index (χ1n) is 14.0. The molecule has 2 unspecified atom stereocenters. The Labute approximate surface area is 228 Å². The van der Waals surface area contributed by atoms with Crippen molar-refractivity contribution >= 4 is 5.91 Å². The Bertz CT molecular complexity index is 1090. The van der Waals surface area contributed by atoms with Crippen LogP contribution in [-0.2, 0) is 11.2 Å². The number of benzene rings is 2. The molecule has 0 spiro atoms. The highest BCUT2D eigenvalue weighted by Crippen LogP contribution is 2.44. The van der Waals surface area contributed by atoms with Gasteiger partial charge in [0.2, 0.25) is 0 Å². The number of nitrogens with zero attached hydrogens (tertiary/aromatic N) is 1. The molecule has 2 aromatic rings. The van der Waals surface area contributed by atoms with Gasteiger partial charge in [0.25, 0.3) is 5.91 Å². The minimum Gasteiger partial charge on any atom is -0.504 e. The van der Waals surface area contributed by atoms with E-state index in [4.69, 9.17) is 10.2 Å². The molecule has 206 valence electrons. The number of carbonyl (C=O) groups is 1. The molecule has 2 saturated carbocycles. The van der Waals surface area contributed by atoms with Crippen LogP contribution in [0.5, 0.6) is 11.5 Å². The predicted octanol–water partition coefficient (Wildman–Crippen LogP) is 4.86. The molecular formula is C32H44N2O4. The molecule has 0 radical (unpaired) electrons. The number of phenols is 2. The van der Waals surface area contributed by atoms with E-state index in [0.717, 1.165) is 29.9 Å². The molecule has 1 saturated heterocycles. The molecule has 38 heavy (non-hydrogen) atoms. The van der Waals surface area contributed by atoms with Gasteiger partial charge in [-0.1, -0.05) is 50.0 Å². The van der Waals surface area contributed by atoms with Crippen molar-refractivity contribution in [3.05, 3.63) is 59.7 Å². The molecule has 2 aliphatic carbocycles. The Hall–Kier alpha value is -3.01. The van der Waals surface area contributed by atoms with E-state index >= 15 is 0 Å². The fourth-order valence-corrected chi connectivity index (χ4v) is 5.41. The second kappa shape index (κ2) is 14.2. The molecule has 0 aromatic heterocycles. The number of amides is 1. The summed E-state index contributed by atoms with van der Waals surface area (Å²) in [5.41, 5.74) is 1.52. The lowest BCUT2D eigenvalue weighted by atomic mass is 9.67. The van der Waals surface area contributed by atoms with E-state index in [-0.39, 0.29) is 23.0 Å². The van der Waals surface area contributed by atoms with Crippen LogP contribution in [0.2, 0.25) is 0 Å². The zero-order valence-corrected chi connectivity index (χ0v) is 23.1. The molecule has 6 heteroatoms. The molecule has 3 aliphatic rings. The van der Waals surface area contributed by atoms with Crippen molar-refractivity contribution in [1.82, 2.24) is 10.2 Å². The van der Waals surface area contributed by atoms with Gasteiger partial charge in [0.1, 0.15) is 0 Å². The summed E-state index contributed by atoms with van der Waals surface area (Å²) in [4.78, 5) is 13.3. The van der Waals surface area contributed by atoms with Gasteiger partial charge in [-0.3, -0.25) is 9.69 Å². The van der Waals surface area contributed by atoms with Crippen LogP contribution in [0.3, 0.4) is 0 Å². The first-order chi connectivity index (χ1) is 18.3. The molecule has 1 heterocycles. The van der Waals surface area contributed by atoms with Gasteiger partial charge < -0.3 is 20.6 Å². The number of rotatable bonds is 3. The zero-order chi connectivity index (χ0) is 27.5. The van der Waals surface area contributed by atoms with E-state index < -0.39 is 0 Å². The Morgan fingerprint density at radius 3 is 2.42 bits per heavy atom. The molecule has 1 aliphatic heterocycles. The number of aromatic hydroxyl groups is 2. The quantitative estimate of drug-likeness (QED) is 0.343. The lowest BCUT2D eigenvalue weighted by molar-refractivity contribution is -0.136. The summed E-state index contributed by atoms with van der Waals surface area (Å²) >= 11 is 0. The van der Waals surface area contributed by atoms with Gasteiger partial charge in [-0.2, -0.15) is 0 Å². The smallest absolute Gasteiger partial charge is 0.295 e. The van der Waals surface area contributed by atoms with Crippen LogP contribution in [0.25, 0.3) is 0 Å². The minimum atomic E-state index is -0.356. The molecular weight excluding hydrogens is 476 g/mol. The van der Waals surface area contributed by atoms with E-state index in [2.05, 4.69) is 29.0 Å². The van der Waals surface area contributed by atoms with Gasteiger partial charge >= 0.3 is 0 Å². The Balaban J connectivity index is 0.000000164. The Morgan fingerprint density at radius 2 is 1.79 bits per heavy atom. The van der Waals surface area contributed by atoms with Crippen molar-refractivity contribution in [1.29, 1.82) is 0 Å². The normalized spacial score (nSPS) is 24.2. The highest BCUT2D eigenvalue weighted by atomic mass is 16.3. The fourth-order valence-electron chi connectivity index (χ4n) is 5.41. The van der Waals surface area contributed by atoms with E-state index in [0.29, 0.717) is 12.0 Å². The standard InChI is InChI=1S/C14H25NO.C10H9NO.C8H10O2/c1-11-14(16)8-3-2-4-13(14)7-9-15(11)10-12-5-6-12;1-11-10(12)8-7-9-5-3-2-4-6-9;1-2-6-3-4-7(9)8(10)5-6/h11-13,16H,2-10H2,1H3;2-6H,1H3,(H,11,12);3-5,9-10H,2H2,1H3/t11-,13?,14?;;/m1../s1. The highest BCUT2D eigenvalue weighted by Gasteiger charge is 2.48. The number of fused-ring (bicyclic) bond motifs is 1. The average molecular weight is 521 g/mol. The summed E-state index contributed by atoms with van der Waals surface area (Å²) < 4.78 is 0. The van der Waals surface area contributed by atoms with Crippen molar-refractivity contribution < 1.29 is 20.1 Å². The third-order valence-corrected chi connectivity index (χ3v) is 8.08. The number of nitrogens with one attached hydrogen (secondary N) is 1. The van der Waals surface area contributed by atoms with Crippen LogP contribution >= 0.6 is 0 Å². The number of piperidine rings is 1. The Kier molecular flexibility index (Phi) is 11.1. The third-order valence-electron chi connectivity index (χ3n) is 8.08. The first kappa shape index (κ1) is 29.5. The first-order valence-corrected chi connectivity index (χ1v) is 14.0. The molecule has 0 bridgehead atoms. The summed E-state index contributed by atoms with van der Waals surface area (Å²) in [6.45, 7) is 6.73. The Morgan fingerprint density at radius 1 is 1.05 bits per heavy atom. The van der Waals surface area contributed by atoms with Crippen molar-refractivity contribution in [2.45, 2.75) is 76.9 Å². The maximum Gasteiger partial charge on any atom is 0.295 e. The number of carbonyl (C=O) groups excluding carboxylic acids is 1. The zero-order valence-electron chi connectivity index (χ0n) is 23.1. The van der Waals surface area contributed by atoms with Gasteiger partial charge in [-0.15, -0.1) is 0 Å². The average Bonchev–Trinajstić information content (AvgIpc) is 3.76. The second-order valence-corrected chi connectivity index (χ2v) is 10.7. The number of hydrogen-bond acceptors (Lipinski definition) is 5.